The van der Waals surface area contributed by atoms with Crippen molar-refractivity contribution in [3.8, 4) is 0 Å². The van der Waals surface area contributed by atoms with E-state index in [0.29, 0.717) is 6.42 Å². The first-order chi connectivity index (χ1) is 11.3. The predicted octanol–water partition coefficient (Wildman–Crippen LogP) is 1.54. The number of carbonyl (C=O) groups is 3. The molecule has 4 amide bonds. The van der Waals surface area contributed by atoms with Crippen molar-refractivity contribution in [2.24, 2.45) is 5.92 Å². The summed E-state index contributed by atoms with van der Waals surface area (Å²) in [5.74, 6) is -0.363. The molecule has 0 saturated carbocycles. The van der Waals surface area contributed by atoms with Gasteiger partial charge >= 0.3 is 6.03 Å². The lowest BCUT2D eigenvalue weighted by molar-refractivity contribution is -0.135. The number of nitrogens with zero attached hydrogens (tertiary/aromatic N) is 1. The number of aryl methyl sites for hydroxylation is 1. The lowest BCUT2D eigenvalue weighted by Crippen LogP contribution is -2.46. The van der Waals surface area contributed by atoms with Crippen molar-refractivity contribution in [3.05, 3.63) is 35.4 Å². The van der Waals surface area contributed by atoms with E-state index in [1.165, 1.54) is 0 Å². The minimum absolute atomic E-state index is 0.0144. The molecule has 1 fully saturated rings. The van der Waals surface area contributed by atoms with Crippen molar-refractivity contribution >= 4 is 17.8 Å². The van der Waals surface area contributed by atoms with E-state index in [1.807, 2.05) is 45.0 Å². The third-order valence-electron chi connectivity index (χ3n) is 5.11. The largest absolute Gasteiger partial charge is 0.352 e. The van der Waals surface area contributed by atoms with Crippen LogP contribution >= 0.6 is 0 Å². The second-order valence-electron chi connectivity index (χ2n) is 6.98. The van der Waals surface area contributed by atoms with E-state index >= 15 is 0 Å². The highest BCUT2D eigenvalue weighted by Crippen LogP contribution is 2.41. The summed E-state index contributed by atoms with van der Waals surface area (Å²) in [5.41, 5.74) is 0.921. The van der Waals surface area contributed by atoms with E-state index in [2.05, 4.69) is 10.6 Å². The summed E-state index contributed by atoms with van der Waals surface area (Å²) in [5, 5.41) is 5.66. The van der Waals surface area contributed by atoms with Gasteiger partial charge < -0.3 is 10.6 Å². The van der Waals surface area contributed by atoms with E-state index in [-0.39, 0.29) is 30.3 Å². The molecule has 0 unspecified atom stereocenters. The summed E-state index contributed by atoms with van der Waals surface area (Å²) in [6, 6.07) is 7.14. The highest BCUT2D eigenvalue weighted by molar-refractivity contribution is 6.09. The highest BCUT2D eigenvalue weighted by atomic mass is 16.2. The molecular weight excluding hydrogens is 306 g/mol. The third-order valence-corrected chi connectivity index (χ3v) is 5.11. The number of carbonyl (C=O) groups excluding carboxylic acids is 3. The Labute approximate surface area is 141 Å². The van der Waals surface area contributed by atoms with Gasteiger partial charge in [-0.15, -0.1) is 0 Å². The molecule has 6 nitrogen and oxygen atoms in total. The summed E-state index contributed by atoms with van der Waals surface area (Å²) in [6.45, 7) is 5.67. The summed E-state index contributed by atoms with van der Waals surface area (Å²) in [6.07, 6.45) is 1.28. The van der Waals surface area contributed by atoms with E-state index in [4.69, 9.17) is 0 Å². The molecule has 1 aromatic carbocycles. The standard InChI is InChI=1S/C18H23N3O3/c1-11(2)12(3)19-15(22)10-21-16(23)18(20-17(21)24)9-8-13-6-4-5-7-14(13)18/h4-7,11-12H,8-10H2,1-3H3,(H,19,22)(H,20,24)/t12-,18+/m0/s1. The summed E-state index contributed by atoms with van der Waals surface area (Å²) >= 11 is 0. The van der Waals surface area contributed by atoms with Crippen molar-refractivity contribution in [1.29, 1.82) is 0 Å². The molecule has 1 aliphatic carbocycles. The van der Waals surface area contributed by atoms with Crippen LogP contribution in [0.5, 0.6) is 0 Å². The van der Waals surface area contributed by atoms with Gasteiger partial charge in [0.15, 0.2) is 0 Å². The Morgan fingerprint density at radius 2 is 2.00 bits per heavy atom. The SMILES string of the molecule is CC(C)[C@H](C)NC(=O)CN1C(=O)N[C@@]2(CCc3ccccc32)C1=O. The molecular formula is C18H23N3O3. The van der Waals surface area contributed by atoms with Crippen LogP contribution in [0.25, 0.3) is 0 Å². The number of amides is 4. The van der Waals surface area contributed by atoms with Crippen LogP contribution in [0.15, 0.2) is 24.3 Å². The molecule has 128 valence electrons. The Kier molecular flexibility index (Phi) is 4.07. The molecule has 2 aliphatic rings. The fourth-order valence-corrected chi connectivity index (χ4v) is 3.34. The first-order valence-electron chi connectivity index (χ1n) is 8.37. The first-order valence-corrected chi connectivity index (χ1v) is 8.37. The van der Waals surface area contributed by atoms with Gasteiger partial charge in [0.1, 0.15) is 12.1 Å². The van der Waals surface area contributed by atoms with Gasteiger partial charge in [-0.05, 0) is 36.8 Å². The van der Waals surface area contributed by atoms with Crippen LogP contribution < -0.4 is 10.6 Å². The minimum atomic E-state index is -1.00. The fraction of sp³-hybridized carbons (Fsp3) is 0.500. The molecule has 24 heavy (non-hydrogen) atoms. The monoisotopic (exact) mass is 329 g/mol. The summed E-state index contributed by atoms with van der Waals surface area (Å²) in [7, 11) is 0. The Morgan fingerprint density at radius 3 is 2.71 bits per heavy atom. The Bertz CT molecular complexity index is 701. The van der Waals surface area contributed by atoms with Crippen molar-refractivity contribution in [2.75, 3.05) is 6.54 Å². The van der Waals surface area contributed by atoms with E-state index in [9.17, 15) is 14.4 Å². The molecule has 1 aromatic rings. The number of hydrogen-bond acceptors (Lipinski definition) is 3. The number of urea groups is 1. The van der Waals surface area contributed by atoms with Gasteiger partial charge in [-0.3, -0.25) is 14.5 Å². The maximum atomic E-state index is 12.9. The van der Waals surface area contributed by atoms with E-state index < -0.39 is 11.6 Å². The maximum Gasteiger partial charge on any atom is 0.325 e. The lowest BCUT2D eigenvalue weighted by Gasteiger charge is -2.23. The molecule has 3 rings (SSSR count). The normalized spacial score (nSPS) is 23.6. The van der Waals surface area contributed by atoms with Crippen LogP contribution in [0.4, 0.5) is 4.79 Å². The van der Waals surface area contributed by atoms with Gasteiger partial charge in [-0.1, -0.05) is 38.1 Å². The van der Waals surface area contributed by atoms with Crippen LogP contribution in [-0.2, 0) is 21.5 Å². The Morgan fingerprint density at radius 1 is 1.29 bits per heavy atom. The van der Waals surface area contributed by atoms with Gasteiger partial charge in [0.2, 0.25) is 5.91 Å². The molecule has 1 aliphatic heterocycles. The Balaban J connectivity index is 1.78. The second-order valence-corrected chi connectivity index (χ2v) is 6.98. The second kappa shape index (κ2) is 5.92. The van der Waals surface area contributed by atoms with Gasteiger partial charge in [-0.25, -0.2) is 4.79 Å². The summed E-state index contributed by atoms with van der Waals surface area (Å²) < 4.78 is 0. The van der Waals surface area contributed by atoms with E-state index in [1.54, 1.807) is 0 Å². The van der Waals surface area contributed by atoms with Crippen molar-refractivity contribution in [1.82, 2.24) is 15.5 Å². The molecule has 0 aromatic heterocycles. The summed E-state index contributed by atoms with van der Waals surface area (Å²) in [4.78, 5) is 38.4. The minimum Gasteiger partial charge on any atom is -0.352 e. The fourth-order valence-electron chi connectivity index (χ4n) is 3.34. The topological polar surface area (TPSA) is 78.5 Å². The number of imide groups is 1. The smallest absolute Gasteiger partial charge is 0.325 e. The van der Waals surface area contributed by atoms with Gasteiger partial charge in [0, 0.05) is 6.04 Å². The van der Waals surface area contributed by atoms with Gasteiger partial charge in [-0.2, -0.15) is 0 Å². The third kappa shape index (κ3) is 2.56. The molecule has 1 saturated heterocycles. The number of hydrogen-bond donors (Lipinski definition) is 2. The quantitative estimate of drug-likeness (QED) is 0.823. The maximum absolute atomic E-state index is 12.9. The number of rotatable bonds is 4. The average molecular weight is 329 g/mol. The highest BCUT2D eigenvalue weighted by Gasteiger charge is 2.55. The molecule has 0 bridgehead atoms. The van der Waals surface area contributed by atoms with Crippen LogP contribution in [0.2, 0.25) is 0 Å². The van der Waals surface area contributed by atoms with Crippen molar-refractivity contribution < 1.29 is 14.4 Å². The van der Waals surface area contributed by atoms with Crippen molar-refractivity contribution in [3.63, 3.8) is 0 Å². The Hall–Kier alpha value is -2.37. The number of benzene rings is 1. The van der Waals surface area contributed by atoms with Gasteiger partial charge in [0.05, 0.1) is 0 Å². The molecule has 1 spiro atoms. The zero-order valence-electron chi connectivity index (χ0n) is 14.3. The molecule has 1 heterocycles. The predicted molar refractivity (Wildman–Crippen MR) is 89.1 cm³/mol. The number of fused-ring (bicyclic) bond motifs is 2. The zero-order chi connectivity index (χ0) is 17.5. The zero-order valence-corrected chi connectivity index (χ0v) is 14.3. The lowest BCUT2D eigenvalue weighted by atomic mass is 9.92. The van der Waals surface area contributed by atoms with E-state index in [0.717, 1.165) is 22.4 Å². The molecule has 2 N–H and O–H groups in total. The van der Waals surface area contributed by atoms with Crippen LogP contribution in [0.1, 0.15) is 38.3 Å². The van der Waals surface area contributed by atoms with Gasteiger partial charge in [0.25, 0.3) is 5.91 Å². The van der Waals surface area contributed by atoms with Crippen LogP contribution in [-0.4, -0.2) is 35.3 Å². The molecule has 2 atom stereocenters. The van der Waals surface area contributed by atoms with Crippen LogP contribution in [0.3, 0.4) is 0 Å². The molecule has 6 heteroatoms. The first kappa shape index (κ1) is 16.5. The average Bonchev–Trinajstić information content (AvgIpc) is 3.02. The number of nitrogens with one attached hydrogen (secondary N) is 2. The van der Waals surface area contributed by atoms with Crippen molar-refractivity contribution in [2.45, 2.75) is 45.2 Å². The van der Waals surface area contributed by atoms with Crippen LogP contribution in [0, 0.1) is 5.92 Å². The molecule has 0 radical (unpaired) electrons.